The molecule has 4 heterocycles. The predicted octanol–water partition coefficient (Wildman–Crippen LogP) is 14.1. The quantitative estimate of drug-likeness (QED) is 0.0536. The van der Waals surface area contributed by atoms with Crippen LogP contribution in [0.2, 0.25) is 0 Å². The number of fused-ring (bicyclic) bond motifs is 2. The Hall–Kier alpha value is -7.88. The van der Waals surface area contributed by atoms with Crippen LogP contribution in [0.3, 0.4) is 0 Å². The number of pyridine rings is 2. The SMILES string of the molecule is C.C[C@@H](Nc1nc(C(F)(F)F)ccc1-c1cc(Nc2cccc3c2C[C@@H](O)[C@@H](O)C3)ncn1)c1ccc(C(F)(F)F)cc1.C[C@@H](Nc1nc(C(F)(F)F)ccc1-c1cc(Nc2cccc3c2C[C@H](O)[C@H](O)C3)ncn1)c1ccc(C(F)(F)F)cc1.Cl.Cl. The van der Waals surface area contributed by atoms with Crippen molar-refractivity contribution in [2.45, 2.75) is 108 Å². The molecule has 0 aliphatic heterocycles. The van der Waals surface area contributed by atoms with E-state index in [-0.39, 0.29) is 92.1 Å². The summed E-state index contributed by atoms with van der Waals surface area (Å²) in [6.07, 6.45) is -18.7. The van der Waals surface area contributed by atoms with Crippen LogP contribution in [0, 0.1) is 0 Å². The molecule has 2 aliphatic rings. The molecule has 0 amide bonds. The van der Waals surface area contributed by atoms with Crippen molar-refractivity contribution in [3.63, 3.8) is 0 Å². The van der Waals surface area contributed by atoms with Crippen LogP contribution in [-0.2, 0) is 50.4 Å². The number of aliphatic hydroxyl groups is 4. The first-order chi connectivity index (χ1) is 39.6. The van der Waals surface area contributed by atoms with Gasteiger partial charge in [0.2, 0.25) is 0 Å². The summed E-state index contributed by atoms with van der Waals surface area (Å²) in [5, 5.41) is 52.5. The van der Waals surface area contributed by atoms with Crippen LogP contribution < -0.4 is 21.3 Å². The van der Waals surface area contributed by atoms with Gasteiger partial charge in [0, 0.05) is 72.4 Å². The lowest BCUT2D eigenvalue weighted by molar-refractivity contribution is -0.141. The van der Waals surface area contributed by atoms with Crippen molar-refractivity contribution in [2.24, 2.45) is 0 Å². The van der Waals surface area contributed by atoms with E-state index in [0.29, 0.717) is 34.1 Å². The molecule has 6 atom stereocenters. The van der Waals surface area contributed by atoms with Crippen molar-refractivity contribution in [1.29, 1.82) is 0 Å². The number of nitrogens with zero attached hydrogens (tertiary/aromatic N) is 6. The van der Waals surface area contributed by atoms with Crippen LogP contribution >= 0.6 is 24.8 Å². The number of nitrogens with one attached hydrogen (secondary N) is 4. The molecule has 8 aromatic rings. The van der Waals surface area contributed by atoms with Crippen LogP contribution in [0.5, 0.6) is 0 Å². The third-order valence-electron chi connectivity index (χ3n) is 14.1. The summed E-state index contributed by atoms with van der Waals surface area (Å²) in [4.78, 5) is 24.4. The van der Waals surface area contributed by atoms with Gasteiger partial charge >= 0.3 is 24.7 Å². The van der Waals surface area contributed by atoms with E-state index in [2.05, 4.69) is 51.2 Å². The van der Waals surface area contributed by atoms with Gasteiger partial charge in [0.05, 0.1) is 46.9 Å². The minimum atomic E-state index is -4.74. The van der Waals surface area contributed by atoms with E-state index >= 15 is 0 Å². The zero-order valence-corrected chi connectivity index (χ0v) is 46.5. The van der Waals surface area contributed by atoms with Gasteiger partial charge in [-0.05, 0) is 108 Å². The molecular weight excluding hydrogens is 1210 g/mol. The van der Waals surface area contributed by atoms with Crippen molar-refractivity contribution in [2.75, 3.05) is 21.3 Å². The van der Waals surface area contributed by atoms with Crippen molar-refractivity contribution in [3.8, 4) is 22.5 Å². The minimum absolute atomic E-state index is 0. The van der Waals surface area contributed by atoms with Gasteiger partial charge in [-0.25, -0.2) is 29.9 Å². The van der Waals surface area contributed by atoms with Crippen LogP contribution in [-0.4, -0.2) is 74.7 Å². The lowest BCUT2D eigenvalue weighted by atomic mass is 9.86. The Morgan fingerprint density at radius 3 is 1.11 bits per heavy atom. The predicted molar refractivity (Wildman–Crippen MR) is 307 cm³/mol. The zero-order valence-electron chi connectivity index (χ0n) is 44.8. The van der Waals surface area contributed by atoms with E-state index in [0.717, 1.165) is 58.7 Å². The Labute approximate surface area is 502 Å². The lowest BCUT2D eigenvalue weighted by Crippen LogP contribution is -2.34. The Morgan fingerprint density at radius 2 is 0.782 bits per heavy atom. The molecule has 2 aliphatic carbocycles. The first-order valence-corrected chi connectivity index (χ1v) is 25.8. The third-order valence-corrected chi connectivity index (χ3v) is 14.1. The average Bonchev–Trinajstić information content (AvgIpc) is 1.37. The van der Waals surface area contributed by atoms with E-state index < -0.39 is 83.7 Å². The van der Waals surface area contributed by atoms with Crippen molar-refractivity contribution >= 4 is 59.5 Å². The highest BCUT2D eigenvalue weighted by molar-refractivity contribution is 5.85. The number of halogens is 14. The molecule has 0 spiro atoms. The van der Waals surface area contributed by atoms with Crippen LogP contribution in [0.25, 0.3) is 22.5 Å². The molecule has 0 saturated heterocycles. The summed E-state index contributed by atoms with van der Waals surface area (Å²) in [7, 11) is 0. The molecule has 0 saturated carbocycles. The second-order valence-electron chi connectivity index (χ2n) is 20.0. The molecule has 14 nitrogen and oxygen atoms in total. The number of aromatic nitrogens is 6. The summed E-state index contributed by atoms with van der Waals surface area (Å²) in [6.45, 7) is 3.18. The number of hydrogen-bond acceptors (Lipinski definition) is 14. The van der Waals surface area contributed by atoms with Crippen molar-refractivity contribution in [1.82, 2.24) is 29.9 Å². The molecule has 0 fully saturated rings. The van der Waals surface area contributed by atoms with E-state index in [4.69, 9.17) is 0 Å². The number of aliphatic hydroxyl groups excluding tert-OH is 4. The minimum Gasteiger partial charge on any atom is -0.390 e. The van der Waals surface area contributed by atoms with Gasteiger partial charge in [-0.1, -0.05) is 56.0 Å². The zero-order chi connectivity index (χ0) is 60.5. The molecular formula is C59H56Cl2F12N10O4. The van der Waals surface area contributed by atoms with Crippen LogP contribution in [0.1, 0.15) is 89.3 Å². The summed E-state index contributed by atoms with van der Waals surface area (Å²) in [6, 6.07) is 25.1. The van der Waals surface area contributed by atoms with Crippen molar-refractivity contribution in [3.05, 3.63) is 190 Å². The molecule has 4 aromatic heterocycles. The molecule has 0 radical (unpaired) electrons. The summed E-state index contributed by atoms with van der Waals surface area (Å²) in [5.74, 6) is 0.290. The first-order valence-electron chi connectivity index (χ1n) is 25.8. The lowest BCUT2D eigenvalue weighted by Gasteiger charge is -2.27. The molecule has 464 valence electrons. The second-order valence-corrected chi connectivity index (χ2v) is 20.0. The Bertz CT molecular complexity index is 3400. The topological polar surface area (TPSA) is 206 Å². The number of anilines is 6. The van der Waals surface area contributed by atoms with Crippen LogP contribution in [0.4, 0.5) is 87.3 Å². The summed E-state index contributed by atoms with van der Waals surface area (Å²) in [5.41, 5.74) is 2.31. The highest BCUT2D eigenvalue weighted by Crippen LogP contribution is 2.40. The molecule has 28 heteroatoms. The Kier molecular flexibility index (Phi) is 21.5. The van der Waals surface area contributed by atoms with Gasteiger partial charge in [-0.3, -0.25) is 0 Å². The van der Waals surface area contributed by atoms with Crippen molar-refractivity contribution < 1.29 is 73.1 Å². The number of benzene rings is 4. The molecule has 10 rings (SSSR count). The number of rotatable bonds is 12. The Balaban J connectivity index is 0.000000269. The first kappa shape index (κ1) is 68.2. The highest BCUT2D eigenvalue weighted by atomic mass is 35.5. The molecule has 0 bridgehead atoms. The van der Waals surface area contributed by atoms with Gasteiger partial charge in [-0.2, -0.15) is 52.7 Å². The maximum absolute atomic E-state index is 13.5. The smallest absolute Gasteiger partial charge is 0.390 e. The standard InChI is InChI=1S/2C29H25F6N5O2.CH4.2ClH/c2*1-15(16-5-7-18(8-6-16)28(30,31)32)38-27-19(9-10-25(40-27)29(33,34)35)22-13-26(37-14-36-22)39-21-4-2-3-17-11-23(41)24(42)12-20(17)21;;;/h2*2-10,13-15,23-24,41-42H,11-12H2,1H3,(H,38,40)(H,36,37,39);1H4;2*1H/t15-,23+,24-;15-,23-,24+;;;/m11.../s1. The van der Waals surface area contributed by atoms with Gasteiger partial charge in [0.1, 0.15) is 47.3 Å². The van der Waals surface area contributed by atoms with Gasteiger partial charge in [0.15, 0.2) is 0 Å². The largest absolute Gasteiger partial charge is 0.433 e. The van der Waals surface area contributed by atoms with E-state index in [1.54, 1.807) is 38.1 Å². The summed E-state index contributed by atoms with van der Waals surface area (Å²) < 4.78 is 159. The fraction of sp³-hybridized carbons (Fsp3) is 0.288. The molecule has 0 unspecified atom stereocenters. The average molecular weight is 1270 g/mol. The number of hydrogen-bond donors (Lipinski definition) is 8. The van der Waals surface area contributed by atoms with Gasteiger partial charge in [0.25, 0.3) is 0 Å². The summed E-state index contributed by atoms with van der Waals surface area (Å²) >= 11 is 0. The second kappa shape index (κ2) is 27.4. The fourth-order valence-corrected chi connectivity index (χ4v) is 9.57. The Morgan fingerprint density at radius 1 is 0.437 bits per heavy atom. The number of alkyl halides is 12. The normalized spacial score (nSPS) is 17.2. The highest BCUT2D eigenvalue weighted by Gasteiger charge is 2.36. The fourth-order valence-electron chi connectivity index (χ4n) is 9.57. The molecule has 87 heavy (non-hydrogen) atoms. The van der Waals surface area contributed by atoms with E-state index in [1.165, 1.54) is 61.2 Å². The van der Waals surface area contributed by atoms with E-state index in [9.17, 15) is 73.1 Å². The van der Waals surface area contributed by atoms with Gasteiger partial charge in [-0.15, -0.1) is 24.8 Å². The maximum atomic E-state index is 13.5. The third kappa shape index (κ3) is 16.4. The molecule has 4 aromatic carbocycles. The molecule has 8 N–H and O–H groups in total. The monoisotopic (exact) mass is 1270 g/mol. The van der Waals surface area contributed by atoms with Gasteiger partial charge < -0.3 is 41.7 Å². The maximum Gasteiger partial charge on any atom is 0.433 e. The van der Waals surface area contributed by atoms with E-state index in [1.807, 2.05) is 12.1 Å². The van der Waals surface area contributed by atoms with Crippen LogP contribution in [0.15, 0.2) is 134 Å².